The molecule has 0 aromatic carbocycles. The van der Waals surface area contributed by atoms with Crippen LogP contribution in [0.4, 0.5) is 0 Å². The molecule has 0 radical (unpaired) electrons. The largest absolute Gasteiger partial charge is 0.481 e. The summed E-state index contributed by atoms with van der Waals surface area (Å²) < 4.78 is 0. The van der Waals surface area contributed by atoms with Crippen LogP contribution < -0.4 is 5.32 Å². The maximum Gasteiger partial charge on any atom is 0.320 e. The number of carboxylic acids is 2. The Hall–Kier alpha value is -0.810. The number of fused-ring (bicyclic) bond motifs is 1. The van der Waals surface area contributed by atoms with Crippen molar-refractivity contribution in [2.24, 2.45) is 17.8 Å². The van der Waals surface area contributed by atoms with Crippen molar-refractivity contribution in [1.29, 1.82) is 0 Å². The molecule has 1 aliphatic carbocycles. The topological polar surface area (TPSA) is 86.6 Å². The lowest BCUT2D eigenvalue weighted by Crippen LogP contribution is -2.49. The predicted octanol–water partition coefficient (Wildman–Crippen LogP) is 1.36. The molecule has 5 nitrogen and oxygen atoms in total. The van der Waals surface area contributed by atoms with Crippen LogP contribution in [0.5, 0.6) is 0 Å². The van der Waals surface area contributed by atoms with Crippen LogP contribution in [0, 0.1) is 17.8 Å². The van der Waals surface area contributed by atoms with Crippen molar-refractivity contribution in [3.8, 4) is 0 Å². The molecular weight excluding hydrogens is 258 g/mol. The van der Waals surface area contributed by atoms with E-state index in [0.29, 0.717) is 18.3 Å². The molecule has 1 aliphatic heterocycles. The highest BCUT2D eigenvalue weighted by molar-refractivity contribution is 5.85. The van der Waals surface area contributed by atoms with Gasteiger partial charge in [-0.05, 0) is 50.0 Å². The molecule has 0 amide bonds. The number of carboxylic acid groups (broad SMARTS) is 2. The Balaban J connectivity index is 0.00000162. The zero-order valence-corrected chi connectivity index (χ0v) is 11.0. The SMILES string of the molecule is Cl.O=C(O)CC1CCC2CNC(C(=O)O)CC2C1. The summed E-state index contributed by atoms with van der Waals surface area (Å²) in [5, 5.41) is 20.8. The van der Waals surface area contributed by atoms with Gasteiger partial charge in [0.2, 0.25) is 0 Å². The lowest BCUT2D eigenvalue weighted by Gasteiger charge is -2.41. The van der Waals surface area contributed by atoms with Gasteiger partial charge in [-0.1, -0.05) is 0 Å². The third-order valence-electron chi connectivity index (χ3n) is 4.17. The second-order valence-electron chi connectivity index (χ2n) is 5.33. The van der Waals surface area contributed by atoms with E-state index in [-0.39, 0.29) is 24.7 Å². The van der Waals surface area contributed by atoms with Gasteiger partial charge in [0.1, 0.15) is 6.04 Å². The van der Waals surface area contributed by atoms with E-state index in [2.05, 4.69) is 5.32 Å². The van der Waals surface area contributed by atoms with Crippen molar-refractivity contribution < 1.29 is 19.8 Å². The number of carbonyl (C=O) groups is 2. The molecule has 2 aliphatic rings. The molecule has 4 atom stereocenters. The fourth-order valence-electron chi connectivity index (χ4n) is 3.28. The van der Waals surface area contributed by atoms with E-state index in [9.17, 15) is 9.59 Å². The van der Waals surface area contributed by atoms with Crippen LogP contribution in [0.25, 0.3) is 0 Å². The van der Waals surface area contributed by atoms with Crippen molar-refractivity contribution in [3.05, 3.63) is 0 Å². The Morgan fingerprint density at radius 3 is 2.44 bits per heavy atom. The minimum absolute atomic E-state index is 0. The summed E-state index contributed by atoms with van der Waals surface area (Å²) in [4.78, 5) is 21.6. The highest BCUT2D eigenvalue weighted by Crippen LogP contribution is 2.39. The first-order chi connectivity index (χ1) is 8.06. The summed E-state index contributed by atoms with van der Waals surface area (Å²) in [6, 6.07) is -0.445. The molecule has 2 fully saturated rings. The predicted molar refractivity (Wildman–Crippen MR) is 67.9 cm³/mol. The molecule has 104 valence electrons. The molecule has 2 rings (SSSR count). The van der Waals surface area contributed by atoms with Crippen LogP contribution in [0.2, 0.25) is 0 Å². The van der Waals surface area contributed by atoms with Gasteiger partial charge in [0.25, 0.3) is 0 Å². The number of piperidine rings is 1. The van der Waals surface area contributed by atoms with Gasteiger partial charge >= 0.3 is 11.9 Å². The first kappa shape index (κ1) is 15.2. The van der Waals surface area contributed by atoms with Crippen molar-refractivity contribution >= 4 is 24.3 Å². The summed E-state index contributed by atoms with van der Waals surface area (Å²) in [6.45, 7) is 0.765. The molecule has 0 spiro atoms. The van der Waals surface area contributed by atoms with Crippen LogP contribution in [-0.2, 0) is 9.59 Å². The van der Waals surface area contributed by atoms with Crippen LogP contribution in [0.1, 0.15) is 32.1 Å². The van der Waals surface area contributed by atoms with E-state index in [4.69, 9.17) is 10.2 Å². The second kappa shape index (κ2) is 6.38. The molecule has 18 heavy (non-hydrogen) atoms. The molecule has 1 heterocycles. The Morgan fingerprint density at radius 2 is 1.83 bits per heavy atom. The zero-order chi connectivity index (χ0) is 12.4. The molecule has 3 N–H and O–H groups in total. The monoisotopic (exact) mass is 277 g/mol. The van der Waals surface area contributed by atoms with Crippen molar-refractivity contribution in [3.63, 3.8) is 0 Å². The molecule has 0 bridgehead atoms. The fourth-order valence-corrected chi connectivity index (χ4v) is 3.28. The van der Waals surface area contributed by atoms with Crippen LogP contribution in [0.3, 0.4) is 0 Å². The summed E-state index contributed by atoms with van der Waals surface area (Å²) in [5.74, 6) is -0.367. The van der Waals surface area contributed by atoms with E-state index in [1.54, 1.807) is 0 Å². The number of nitrogens with one attached hydrogen (secondary N) is 1. The van der Waals surface area contributed by atoms with Crippen LogP contribution in [0.15, 0.2) is 0 Å². The summed E-state index contributed by atoms with van der Waals surface area (Å²) in [7, 11) is 0. The molecule has 4 unspecified atom stereocenters. The third-order valence-corrected chi connectivity index (χ3v) is 4.17. The first-order valence-corrected chi connectivity index (χ1v) is 6.24. The van der Waals surface area contributed by atoms with E-state index in [1.165, 1.54) is 0 Å². The number of halogens is 1. The Bertz CT molecular complexity index is 323. The average molecular weight is 278 g/mol. The number of rotatable bonds is 3. The lowest BCUT2D eigenvalue weighted by molar-refractivity contribution is -0.142. The fraction of sp³-hybridized carbons (Fsp3) is 0.833. The summed E-state index contributed by atoms with van der Waals surface area (Å²) in [6.07, 6.45) is 3.75. The average Bonchev–Trinajstić information content (AvgIpc) is 2.27. The number of aliphatic carboxylic acids is 2. The molecular formula is C12H20ClNO4. The lowest BCUT2D eigenvalue weighted by atomic mass is 9.69. The third kappa shape index (κ3) is 3.59. The van der Waals surface area contributed by atoms with Crippen molar-refractivity contribution in [2.45, 2.75) is 38.1 Å². The van der Waals surface area contributed by atoms with Crippen molar-refractivity contribution in [1.82, 2.24) is 5.32 Å². The smallest absolute Gasteiger partial charge is 0.320 e. The van der Waals surface area contributed by atoms with E-state index >= 15 is 0 Å². The van der Waals surface area contributed by atoms with Gasteiger partial charge in [-0.25, -0.2) is 0 Å². The molecule has 1 saturated carbocycles. The van der Waals surface area contributed by atoms with Gasteiger partial charge in [0.15, 0.2) is 0 Å². The van der Waals surface area contributed by atoms with E-state index < -0.39 is 18.0 Å². The Kier molecular flexibility index (Phi) is 5.41. The van der Waals surface area contributed by atoms with Gasteiger partial charge in [-0.15, -0.1) is 12.4 Å². The normalized spacial score (nSPS) is 35.1. The molecule has 0 aromatic heterocycles. The van der Waals surface area contributed by atoms with E-state index in [1.807, 2.05) is 0 Å². The standard InChI is InChI=1S/C12H19NO4.ClH/c14-11(15)4-7-1-2-8-6-13-10(12(16)17)5-9(8)3-7;/h7-10,13H,1-6H2,(H,14,15)(H,16,17);1H. The van der Waals surface area contributed by atoms with Gasteiger partial charge in [0, 0.05) is 6.42 Å². The quantitative estimate of drug-likeness (QED) is 0.725. The minimum atomic E-state index is -0.788. The van der Waals surface area contributed by atoms with Crippen LogP contribution >= 0.6 is 12.4 Å². The minimum Gasteiger partial charge on any atom is -0.481 e. The highest BCUT2D eigenvalue weighted by Gasteiger charge is 2.37. The van der Waals surface area contributed by atoms with Gasteiger partial charge in [-0.2, -0.15) is 0 Å². The van der Waals surface area contributed by atoms with Crippen molar-refractivity contribution in [2.75, 3.05) is 6.54 Å². The number of hydrogen-bond donors (Lipinski definition) is 3. The summed E-state index contributed by atoms with van der Waals surface area (Å²) in [5.41, 5.74) is 0. The Labute approximate surface area is 112 Å². The first-order valence-electron chi connectivity index (χ1n) is 6.24. The van der Waals surface area contributed by atoms with Gasteiger partial charge in [-0.3, -0.25) is 9.59 Å². The zero-order valence-electron chi connectivity index (χ0n) is 10.2. The molecule has 1 saturated heterocycles. The number of hydrogen-bond acceptors (Lipinski definition) is 3. The Morgan fingerprint density at radius 1 is 1.11 bits per heavy atom. The molecule has 0 aromatic rings. The maximum atomic E-state index is 10.9. The van der Waals surface area contributed by atoms with Crippen LogP contribution in [-0.4, -0.2) is 34.7 Å². The maximum absolute atomic E-state index is 10.9. The summed E-state index contributed by atoms with van der Waals surface area (Å²) >= 11 is 0. The van der Waals surface area contributed by atoms with Gasteiger partial charge < -0.3 is 15.5 Å². The van der Waals surface area contributed by atoms with E-state index in [0.717, 1.165) is 25.8 Å². The second-order valence-corrected chi connectivity index (χ2v) is 5.33. The highest BCUT2D eigenvalue weighted by atomic mass is 35.5. The molecule has 6 heteroatoms. The van der Waals surface area contributed by atoms with Gasteiger partial charge in [0.05, 0.1) is 0 Å².